The van der Waals surface area contributed by atoms with Gasteiger partial charge in [-0.25, -0.2) is 0 Å². The van der Waals surface area contributed by atoms with Crippen molar-refractivity contribution in [3.05, 3.63) is 82.5 Å². The lowest BCUT2D eigenvalue weighted by atomic mass is 9.90. The average Bonchev–Trinajstić information content (AvgIpc) is 2.84. The molecule has 0 radical (unpaired) electrons. The van der Waals surface area contributed by atoms with Crippen molar-refractivity contribution in [1.82, 2.24) is 5.06 Å². The van der Waals surface area contributed by atoms with E-state index in [0.717, 1.165) is 5.56 Å². The maximum atomic E-state index is 13.1. The Morgan fingerprint density at radius 3 is 2.41 bits per heavy atom. The molecule has 8 heteroatoms. The summed E-state index contributed by atoms with van der Waals surface area (Å²) in [5.41, 5.74) is 1.65. The van der Waals surface area contributed by atoms with Crippen LogP contribution in [-0.2, 0) is 9.57 Å². The first kappa shape index (κ1) is 22.1. The first-order valence-corrected chi connectivity index (χ1v) is 10.7. The molecule has 0 saturated carbocycles. The number of β-amino-alcohol motifs (C(OH)–C–C–N with tert-alkyl or cyclic N) is 1. The average molecular weight is 461 g/mol. The van der Waals surface area contributed by atoms with E-state index in [2.05, 4.69) is 0 Å². The second-order valence-electron chi connectivity index (χ2n) is 8.05. The van der Waals surface area contributed by atoms with E-state index in [-0.39, 0.29) is 41.5 Å². The number of aliphatic hydroxyl groups excluding tert-OH is 1. The van der Waals surface area contributed by atoms with Crippen molar-refractivity contribution < 1.29 is 29.3 Å². The highest BCUT2D eigenvalue weighted by molar-refractivity contribution is 5.94. The summed E-state index contributed by atoms with van der Waals surface area (Å²) in [6.07, 6.45) is -1.88. The minimum Gasteiger partial charge on any atom is -0.507 e. The van der Waals surface area contributed by atoms with Gasteiger partial charge in [-0.1, -0.05) is 42.5 Å². The monoisotopic (exact) mass is 461 g/mol. The number of hydrogen-bond donors (Lipinski definition) is 3. The highest BCUT2D eigenvalue weighted by Gasteiger charge is 2.35. The van der Waals surface area contributed by atoms with Crippen LogP contribution in [-0.4, -0.2) is 46.9 Å². The van der Waals surface area contributed by atoms with Crippen molar-refractivity contribution in [1.29, 1.82) is 0 Å². The Bertz CT molecular complexity index is 1400. The molecule has 1 fully saturated rings. The number of ether oxygens (including phenoxy) is 1. The van der Waals surface area contributed by atoms with E-state index in [1.165, 1.54) is 30.4 Å². The third-order valence-corrected chi connectivity index (χ3v) is 5.95. The third kappa shape index (κ3) is 3.82. The number of aromatic hydroxyl groups is 2. The molecule has 5 rings (SSSR count). The number of benzene rings is 3. The quantitative estimate of drug-likeness (QED) is 0.421. The zero-order valence-electron chi connectivity index (χ0n) is 18.3. The summed E-state index contributed by atoms with van der Waals surface area (Å²) in [5.74, 6) is -0.177. The molecule has 0 amide bonds. The Balaban J connectivity index is 1.83. The van der Waals surface area contributed by atoms with Gasteiger partial charge in [0.1, 0.15) is 41.1 Å². The molecular weight excluding hydrogens is 438 g/mol. The molecule has 34 heavy (non-hydrogen) atoms. The first-order chi connectivity index (χ1) is 16.5. The van der Waals surface area contributed by atoms with Crippen LogP contribution in [0.15, 0.2) is 75.9 Å². The topological polar surface area (TPSA) is 113 Å². The summed E-state index contributed by atoms with van der Waals surface area (Å²) in [5, 5.41) is 33.6. The number of para-hydroxylation sites is 1. The van der Waals surface area contributed by atoms with Crippen LogP contribution >= 0.6 is 0 Å². The highest BCUT2D eigenvalue weighted by Crippen LogP contribution is 2.43. The van der Waals surface area contributed by atoms with Gasteiger partial charge < -0.3 is 24.5 Å². The van der Waals surface area contributed by atoms with Crippen molar-refractivity contribution in [2.24, 2.45) is 0 Å². The Labute approximate surface area is 194 Å². The van der Waals surface area contributed by atoms with E-state index in [1.54, 1.807) is 18.2 Å². The van der Waals surface area contributed by atoms with Crippen LogP contribution in [0.1, 0.15) is 11.7 Å². The number of hydrogen-bond acceptors (Lipinski definition) is 8. The molecule has 4 aromatic rings. The zero-order chi connectivity index (χ0) is 23.8. The lowest BCUT2D eigenvalue weighted by Gasteiger charge is -2.35. The molecule has 0 bridgehead atoms. The van der Waals surface area contributed by atoms with Gasteiger partial charge >= 0.3 is 0 Å². The highest BCUT2D eigenvalue weighted by atomic mass is 16.7. The lowest BCUT2D eigenvalue weighted by molar-refractivity contribution is -0.258. The van der Waals surface area contributed by atoms with Gasteiger partial charge in [-0.3, -0.25) is 9.63 Å². The SMILES string of the molecule is CON1COC(c2c(-c3ccccc3)cc(O)c3c(=O)cc(-c4ccccc4O)oc23)C(O)C1. The van der Waals surface area contributed by atoms with Gasteiger partial charge in [0.25, 0.3) is 0 Å². The van der Waals surface area contributed by atoms with Crippen LogP contribution in [0.2, 0.25) is 0 Å². The molecule has 1 aromatic heterocycles. The van der Waals surface area contributed by atoms with Crippen molar-refractivity contribution >= 4 is 11.0 Å². The van der Waals surface area contributed by atoms with Crippen LogP contribution in [0.25, 0.3) is 33.4 Å². The van der Waals surface area contributed by atoms with Gasteiger partial charge in [0.05, 0.1) is 25.3 Å². The normalized spacial score (nSPS) is 18.9. The molecular formula is C26H23NO7. The molecule has 1 saturated heterocycles. The van der Waals surface area contributed by atoms with E-state index >= 15 is 0 Å². The summed E-state index contributed by atoms with van der Waals surface area (Å²) in [6, 6.07) is 18.5. The largest absolute Gasteiger partial charge is 0.507 e. The predicted octanol–water partition coefficient (Wildman–Crippen LogP) is 3.79. The number of rotatable bonds is 4. The van der Waals surface area contributed by atoms with E-state index in [1.807, 2.05) is 30.3 Å². The van der Waals surface area contributed by atoms with Gasteiger partial charge in [0.15, 0.2) is 5.43 Å². The number of fused-ring (bicyclic) bond motifs is 1. The van der Waals surface area contributed by atoms with Gasteiger partial charge in [-0.2, -0.15) is 5.06 Å². The molecule has 1 aliphatic heterocycles. The molecule has 1 aliphatic rings. The van der Waals surface area contributed by atoms with Gasteiger partial charge in [0, 0.05) is 11.6 Å². The third-order valence-electron chi connectivity index (χ3n) is 5.95. The van der Waals surface area contributed by atoms with Crippen molar-refractivity contribution in [3.63, 3.8) is 0 Å². The Morgan fingerprint density at radius 1 is 0.971 bits per heavy atom. The fraction of sp³-hybridized carbons (Fsp3) is 0.192. The van der Waals surface area contributed by atoms with Crippen LogP contribution in [0.5, 0.6) is 11.5 Å². The van der Waals surface area contributed by atoms with Crippen molar-refractivity contribution in [2.45, 2.75) is 12.2 Å². The molecule has 2 unspecified atom stereocenters. The minimum atomic E-state index is -1.01. The van der Waals surface area contributed by atoms with Crippen LogP contribution in [0.4, 0.5) is 0 Å². The Morgan fingerprint density at radius 2 is 1.71 bits per heavy atom. The summed E-state index contributed by atoms with van der Waals surface area (Å²) in [7, 11) is 1.49. The zero-order valence-corrected chi connectivity index (χ0v) is 18.3. The summed E-state index contributed by atoms with van der Waals surface area (Å²) >= 11 is 0. The Kier molecular flexibility index (Phi) is 5.80. The van der Waals surface area contributed by atoms with E-state index in [0.29, 0.717) is 16.7 Å². The molecule has 0 aliphatic carbocycles. The fourth-order valence-corrected chi connectivity index (χ4v) is 4.32. The molecule has 3 N–H and O–H groups in total. The summed E-state index contributed by atoms with van der Waals surface area (Å²) in [6.45, 7) is 0.249. The maximum Gasteiger partial charge on any atom is 0.197 e. The standard InChI is InChI=1S/C26H23NO7/c1-32-27-13-21(31)25(33-14-27)23-17(15-7-3-2-4-8-15)11-19(29)24-20(30)12-22(34-26(23)24)16-9-5-6-10-18(16)28/h2-12,21,25,28-29,31H,13-14H2,1H3. The van der Waals surface area contributed by atoms with Crippen LogP contribution in [0.3, 0.4) is 0 Å². The lowest BCUT2D eigenvalue weighted by Crippen LogP contribution is -2.43. The number of phenolic OH excluding ortho intramolecular Hbond substituents is 2. The predicted molar refractivity (Wildman–Crippen MR) is 125 cm³/mol. The number of phenols is 2. The number of aliphatic hydroxyl groups is 1. The van der Waals surface area contributed by atoms with Gasteiger partial charge in [-0.05, 0) is 29.3 Å². The van der Waals surface area contributed by atoms with Crippen molar-refractivity contribution in [2.75, 3.05) is 20.4 Å². The van der Waals surface area contributed by atoms with E-state index in [9.17, 15) is 20.1 Å². The summed E-state index contributed by atoms with van der Waals surface area (Å²) < 4.78 is 12.1. The van der Waals surface area contributed by atoms with Gasteiger partial charge in [-0.15, -0.1) is 0 Å². The molecule has 2 heterocycles. The minimum absolute atomic E-state index is 0.0289. The summed E-state index contributed by atoms with van der Waals surface area (Å²) in [4.78, 5) is 18.3. The second kappa shape index (κ2) is 8.92. The van der Waals surface area contributed by atoms with Crippen LogP contribution in [0, 0.1) is 0 Å². The van der Waals surface area contributed by atoms with Crippen molar-refractivity contribution in [3.8, 4) is 33.9 Å². The van der Waals surface area contributed by atoms with Gasteiger partial charge in [0.2, 0.25) is 0 Å². The maximum absolute atomic E-state index is 13.1. The van der Waals surface area contributed by atoms with E-state index < -0.39 is 17.6 Å². The molecule has 0 spiro atoms. The first-order valence-electron chi connectivity index (χ1n) is 10.7. The smallest absolute Gasteiger partial charge is 0.197 e. The second-order valence-corrected chi connectivity index (χ2v) is 8.05. The van der Waals surface area contributed by atoms with E-state index in [4.69, 9.17) is 14.0 Å². The number of nitrogens with zero attached hydrogens (tertiary/aromatic N) is 1. The number of hydroxylamine groups is 2. The van der Waals surface area contributed by atoms with Crippen LogP contribution < -0.4 is 5.43 Å². The Hall–Kier alpha value is -3.69. The molecule has 174 valence electrons. The molecule has 8 nitrogen and oxygen atoms in total. The molecule has 2 atom stereocenters. The molecule has 3 aromatic carbocycles. The fourth-order valence-electron chi connectivity index (χ4n) is 4.32.